The Balaban J connectivity index is 1.85. The third-order valence-electron chi connectivity index (χ3n) is 3.85. The summed E-state index contributed by atoms with van der Waals surface area (Å²) in [6, 6.07) is 0.287. The van der Waals surface area contributed by atoms with Crippen LogP contribution in [0.2, 0.25) is 0 Å². The molecule has 21 heavy (non-hydrogen) atoms. The van der Waals surface area contributed by atoms with Gasteiger partial charge in [-0.15, -0.1) is 0 Å². The molecule has 0 aromatic carbocycles. The fourth-order valence-corrected chi connectivity index (χ4v) is 2.69. The number of rotatable bonds is 6. The number of carbonyl (C=O) groups is 1. The van der Waals surface area contributed by atoms with Gasteiger partial charge in [0.2, 0.25) is 5.91 Å². The number of anilines is 1. The SMILES string of the molecule is CC(C)=CCC[C@@H](C)N[C@@H]1CCN(c2cnn(C)c2)C1=O. The van der Waals surface area contributed by atoms with E-state index in [2.05, 4.69) is 37.3 Å². The molecule has 0 spiro atoms. The molecule has 116 valence electrons. The van der Waals surface area contributed by atoms with E-state index in [0.717, 1.165) is 31.5 Å². The smallest absolute Gasteiger partial charge is 0.244 e. The summed E-state index contributed by atoms with van der Waals surface area (Å²) in [6.07, 6.45) is 8.86. The second-order valence-electron chi connectivity index (χ2n) is 6.13. The van der Waals surface area contributed by atoms with Crippen LogP contribution in [-0.2, 0) is 11.8 Å². The Morgan fingerprint density at radius 1 is 1.57 bits per heavy atom. The van der Waals surface area contributed by atoms with Gasteiger partial charge in [-0.2, -0.15) is 5.10 Å². The zero-order valence-electron chi connectivity index (χ0n) is 13.5. The lowest BCUT2D eigenvalue weighted by Gasteiger charge is -2.19. The number of amides is 1. The standard InChI is InChI=1S/C16H26N4O/c1-12(2)6-5-7-13(3)18-15-8-9-20(16(15)21)14-10-17-19(4)11-14/h6,10-11,13,15,18H,5,7-9H2,1-4H3/t13-,15-/m1/s1. The first-order chi connectivity index (χ1) is 9.97. The van der Waals surface area contributed by atoms with Gasteiger partial charge >= 0.3 is 0 Å². The van der Waals surface area contributed by atoms with Crippen molar-refractivity contribution in [2.45, 2.75) is 52.1 Å². The van der Waals surface area contributed by atoms with E-state index in [0.29, 0.717) is 6.04 Å². The van der Waals surface area contributed by atoms with Crippen LogP contribution in [0.4, 0.5) is 5.69 Å². The van der Waals surface area contributed by atoms with Gasteiger partial charge in [-0.3, -0.25) is 9.48 Å². The van der Waals surface area contributed by atoms with Gasteiger partial charge in [0, 0.05) is 25.8 Å². The molecule has 1 saturated heterocycles. The number of nitrogens with one attached hydrogen (secondary N) is 1. The molecule has 0 aliphatic carbocycles. The van der Waals surface area contributed by atoms with E-state index >= 15 is 0 Å². The molecule has 0 bridgehead atoms. The van der Waals surface area contributed by atoms with Crippen molar-refractivity contribution in [1.82, 2.24) is 15.1 Å². The monoisotopic (exact) mass is 290 g/mol. The van der Waals surface area contributed by atoms with Crippen molar-refractivity contribution in [3.05, 3.63) is 24.0 Å². The number of nitrogens with zero attached hydrogens (tertiary/aromatic N) is 3. The van der Waals surface area contributed by atoms with E-state index in [1.54, 1.807) is 10.9 Å². The summed E-state index contributed by atoms with van der Waals surface area (Å²) in [7, 11) is 1.87. The molecule has 2 heterocycles. The van der Waals surface area contributed by atoms with Crippen LogP contribution in [-0.4, -0.2) is 34.3 Å². The van der Waals surface area contributed by atoms with Gasteiger partial charge in [0.05, 0.1) is 17.9 Å². The number of hydrogen-bond donors (Lipinski definition) is 1. The summed E-state index contributed by atoms with van der Waals surface area (Å²) in [5.41, 5.74) is 2.24. The van der Waals surface area contributed by atoms with E-state index in [1.807, 2.05) is 18.1 Å². The quantitative estimate of drug-likeness (QED) is 0.818. The van der Waals surface area contributed by atoms with Crippen molar-refractivity contribution in [1.29, 1.82) is 0 Å². The van der Waals surface area contributed by atoms with Crippen molar-refractivity contribution in [2.75, 3.05) is 11.4 Å². The summed E-state index contributed by atoms with van der Waals surface area (Å²) in [5.74, 6) is 0.164. The van der Waals surface area contributed by atoms with Crippen molar-refractivity contribution < 1.29 is 4.79 Å². The minimum Gasteiger partial charge on any atom is -0.308 e. The van der Waals surface area contributed by atoms with Gasteiger partial charge in [-0.05, 0) is 40.0 Å². The lowest BCUT2D eigenvalue weighted by Crippen LogP contribution is -2.42. The van der Waals surface area contributed by atoms with Gasteiger partial charge in [-0.25, -0.2) is 0 Å². The Morgan fingerprint density at radius 3 is 2.95 bits per heavy atom. The van der Waals surface area contributed by atoms with Crippen LogP contribution in [0.15, 0.2) is 24.0 Å². The summed E-state index contributed by atoms with van der Waals surface area (Å²) < 4.78 is 1.73. The summed E-state index contributed by atoms with van der Waals surface area (Å²) in [6.45, 7) is 7.15. The average Bonchev–Trinajstić information content (AvgIpc) is 2.97. The van der Waals surface area contributed by atoms with Crippen LogP contribution in [0.3, 0.4) is 0 Å². The molecular weight excluding hydrogens is 264 g/mol. The van der Waals surface area contributed by atoms with Gasteiger partial charge in [0.25, 0.3) is 0 Å². The van der Waals surface area contributed by atoms with Crippen molar-refractivity contribution >= 4 is 11.6 Å². The fraction of sp³-hybridized carbons (Fsp3) is 0.625. The van der Waals surface area contributed by atoms with Crippen molar-refractivity contribution in [3.8, 4) is 0 Å². The Labute approximate surface area is 127 Å². The molecular formula is C16H26N4O. The molecule has 1 fully saturated rings. The minimum absolute atomic E-state index is 0.0630. The van der Waals surface area contributed by atoms with E-state index in [-0.39, 0.29) is 11.9 Å². The normalized spacial score (nSPS) is 19.9. The second-order valence-corrected chi connectivity index (χ2v) is 6.13. The Morgan fingerprint density at radius 2 is 2.33 bits per heavy atom. The molecule has 5 nitrogen and oxygen atoms in total. The highest BCUT2D eigenvalue weighted by molar-refractivity contribution is 5.99. The highest BCUT2D eigenvalue weighted by Gasteiger charge is 2.33. The van der Waals surface area contributed by atoms with Crippen LogP contribution in [0.1, 0.15) is 40.0 Å². The van der Waals surface area contributed by atoms with Gasteiger partial charge < -0.3 is 10.2 Å². The van der Waals surface area contributed by atoms with E-state index in [1.165, 1.54) is 5.57 Å². The summed E-state index contributed by atoms with van der Waals surface area (Å²) in [4.78, 5) is 14.3. The first-order valence-electron chi connectivity index (χ1n) is 7.67. The van der Waals surface area contributed by atoms with Crippen molar-refractivity contribution in [2.24, 2.45) is 7.05 Å². The molecule has 1 aromatic rings. The van der Waals surface area contributed by atoms with Gasteiger partial charge in [0.15, 0.2) is 0 Å². The topological polar surface area (TPSA) is 50.2 Å². The lowest BCUT2D eigenvalue weighted by molar-refractivity contribution is -0.119. The first-order valence-corrected chi connectivity index (χ1v) is 7.67. The Bertz CT molecular complexity index is 516. The van der Waals surface area contributed by atoms with Crippen LogP contribution in [0.25, 0.3) is 0 Å². The molecule has 1 aliphatic rings. The third-order valence-corrected chi connectivity index (χ3v) is 3.85. The average molecular weight is 290 g/mol. The minimum atomic E-state index is -0.0630. The molecule has 1 N–H and O–H groups in total. The van der Waals surface area contributed by atoms with E-state index in [4.69, 9.17) is 0 Å². The predicted octanol–water partition coefficient (Wildman–Crippen LogP) is 2.25. The van der Waals surface area contributed by atoms with Crippen LogP contribution in [0.5, 0.6) is 0 Å². The Hall–Kier alpha value is -1.62. The number of carbonyl (C=O) groups excluding carboxylic acids is 1. The number of aromatic nitrogens is 2. The molecule has 5 heteroatoms. The molecule has 0 radical (unpaired) electrons. The van der Waals surface area contributed by atoms with Crippen LogP contribution >= 0.6 is 0 Å². The molecule has 2 rings (SSSR count). The molecule has 1 aliphatic heterocycles. The second kappa shape index (κ2) is 6.89. The fourth-order valence-electron chi connectivity index (χ4n) is 2.69. The van der Waals surface area contributed by atoms with Crippen molar-refractivity contribution in [3.63, 3.8) is 0 Å². The Kier molecular flexibility index (Phi) is 5.17. The summed E-state index contributed by atoms with van der Waals surface area (Å²) in [5, 5.41) is 7.60. The van der Waals surface area contributed by atoms with E-state index < -0.39 is 0 Å². The number of allylic oxidation sites excluding steroid dienone is 2. The number of hydrogen-bond acceptors (Lipinski definition) is 3. The highest BCUT2D eigenvalue weighted by Crippen LogP contribution is 2.21. The summed E-state index contributed by atoms with van der Waals surface area (Å²) >= 11 is 0. The third kappa shape index (κ3) is 4.17. The maximum absolute atomic E-state index is 12.4. The number of aryl methyl sites for hydroxylation is 1. The van der Waals surface area contributed by atoms with Gasteiger partial charge in [0.1, 0.15) is 0 Å². The molecule has 1 aromatic heterocycles. The van der Waals surface area contributed by atoms with Crippen LogP contribution in [0, 0.1) is 0 Å². The maximum atomic E-state index is 12.4. The largest absolute Gasteiger partial charge is 0.308 e. The lowest BCUT2D eigenvalue weighted by atomic mass is 10.1. The molecule has 0 saturated carbocycles. The predicted molar refractivity (Wildman–Crippen MR) is 85.2 cm³/mol. The zero-order chi connectivity index (χ0) is 15.4. The van der Waals surface area contributed by atoms with Gasteiger partial charge in [-0.1, -0.05) is 11.6 Å². The molecule has 2 atom stereocenters. The molecule has 0 unspecified atom stereocenters. The van der Waals surface area contributed by atoms with Crippen LogP contribution < -0.4 is 10.2 Å². The first kappa shape index (κ1) is 15.8. The maximum Gasteiger partial charge on any atom is 0.244 e. The highest BCUT2D eigenvalue weighted by atomic mass is 16.2. The van der Waals surface area contributed by atoms with E-state index in [9.17, 15) is 4.79 Å². The zero-order valence-corrected chi connectivity index (χ0v) is 13.5. The molecule has 1 amide bonds.